The van der Waals surface area contributed by atoms with Gasteiger partial charge in [-0.05, 0) is 6.42 Å². The first-order valence-corrected chi connectivity index (χ1v) is 5.38. The van der Waals surface area contributed by atoms with Crippen molar-refractivity contribution in [1.82, 2.24) is 15.5 Å². The summed E-state index contributed by atoms with van der Waals surface area (Å²) in [6, 6.07) is 0.292. The molecule has 0 saturated carbocycles. The Morgan fingerprint density at radius 1 is 1.47 bits per heavy atom. The Bertz CT molecular complexity index is 239. The fourth-order valence-electron chi connectivity index (χ4n) is 1.37. The Kier molecular flexibility index (Phi) is 4.55. The van der Waals surface area contributed by atoms with E-state index in [4.69, 9.17) is 0 Å². The third-order valence-corrected chi connectivity index (χ3v) is 2.61. The first kappa shape index (κ1) is 12.0. The Hall–Kier alpha value is -1.10. The van der Waals surface area contributed by atoms with Crippen LogP contribution in [-0.2, 0) is 9.59 Å². The molecule has 1 saturated heterocycles. The number of hydrogen-bond donors (Lipinski definition) is 2. The van der Waals surface area contributed by atoms with E-state index < -0.39 is 0 Å². The van der Waals surface area contributed by atoms with Gasteiger partial charge in [0.2, 0.25) is 11.8 Å². The second-order valence-corrected chi connectivity index (χ2v) is 3.84. The molecular weight excluding hydrogens is 194 g/mol. The average Bonchev–Trinajstić information content (AvgIpc) is 2.11. The highest BCUT2D eigenvalue weighted by molar-refractivity contribution is 5.84. The van der Waals surface area contributed by atoms with Gasteiger partial charge < -0.3 is 15.5 Å². The lowest BCUT2D eigenvalue weighted by Crippen LogP contribution is -2.58. The molecule has 0 radical (unpaired) electrons. The van der Waals surface area contributed by atoms with Crippen molar-refractivity contribution >= 4 is 11.8 Å². The summed E-state index contributed by atoms with van der Waals surface area (Å²) in [6.07, 6.45) is 1.30. The van der Waals surface area contributed by atoms with E-state index in [-0.39, 0.29) is 18.4 Å². The molecule has 2 amide bonds. The minimum Gasteiger partial charge on any atom is -0.347 e. The summed E-state index contributed by atoms with van der Waals surface area (Å²) >= 11 is 0. The number of carbonyl (C=O) groups excluding carboxylic acids is 2. The maximum atomic E-state index is 11.6. The number of amides is 2. The molecule has 2 N–H and O–H groups in total. The van der Waals surface area contributed by atoms with Crippen molar-refractivity contribution in [3.8, 4) is 0 Å². The van der Waals surface area contributed by atoms with E-state index in [0.717, 1.165) is 19.5 Å². The van der Waals surface area contributed by atoms with Gasteiger partial charge in [0, 0.05) is 26.6 Å². The van der Waals surface area contributed by atoms with Crippen LogP contribution < -0.4 is 10.6 Å². The van der Waals surface area contributed by atoms with Crippen LogP contribution in [0.15, 0.2) is 0 Å². The summed E-state index contributed by atoms with van der Waals surface area (Å²) in [7, 11) is 1.78. The van der Waals surface area contributed by atoms with Gasteiger partial charge in [0.15, 0.2) is 0 Å². The van der Waals surface area contributed by atoms with Gasteiger partial charge in [0.05, 0.1) is 12.6 Å². The Balaban J connectivity index is 2.19. The molecule has 0 bridgehead atoms. The van der Waals surface area contributed by atoms with Crippen LogP contribution >= 0.6 is 0 Å². The van der Waals surface area contributed by atoms with E-state index in [9.17, 15) is 9.59 Å². The van der Waals surface area contributed by atoms with Crippen LogP contribution in [0.4, 0.5) is 0 Å². The van der Waals surface area contributed by atoms with Crippen molar-refractivity contribution in [2.45, 2.75) is 25.8 Å². The maximum absolute atomic E-state index is 11.6. The van der Waals surface area contributed by atoms with Gasteiger partial charge in [-0.3, -0.25) is 9.59 Å². The first-order chi connectivity index (χ1) is 7.15. The van der Waals surface area contributed by atoms with Gasteiger partial charge in [0.1, 0.15) is 0 Å². The highest BCUT2D eigenvalue weighted by Gasteiger charge is 2.24. The molecule has 0 atom stereocenters. The van der Waals surface area contributed by atoms with Crippen molar-refractivity contribution in [3.05, 3.63) is 0 Å². The van der Waals surface area contributed by atoms with E-state index in [1.54, 1.807) is 11.9 Å². The quantitative estimate of drug-likeness (QED) is 0.637. The molecule has 0 aliphatic carbocycles. The van der Waals surface area contributed by atoms with Crippen LogP contribution in [0.5, 0.6) is 0 Å². The van der Waals surface area contributed by atoms with Gasteiger partial charge in [-0.15, -0.1) is 0 Å². The number of likely N-dealkylation sites (N-methyl/N-ethyl adjacent to an activating group) is 1. The van der Waals surface area contributed by atoms with Gasteiger partial charge in [-0.25, -0.2) is 0 Å². The molecule has 1 aliphatic heterocycles. The fourth-order valence-corrected chi connectivity index (χ4v) is 1.37. The summed E-state index contributed by atoms with van der Waals surface area (Å²) in [6.45, 7) is 3.76. The van der Waals surface area contributed by atoms with E-state index in [0.29, 0.717) is 12.5 Å². The molecule has 0 unspecified atom stereocenters. The summed E-state index contributed by atoms with van der Waals surface area (Å²) in [5.41, 5.74) is 0. The van der Waals surface area contributed by atoms with Gasteiger partial charge in [-0.2, -0.15) is 0 Å². The van der Waals surface area contributed by atoms with Gasteiger partial charge in [-0.1, -0.05) is 6.92 Å². The monoisotopic (exact) mass is 213 g/mol. The van der Waals surface area contributed by atoms with Gasteiger partial charge >= 0.3 is 0 Å². The average molecular weight is 213 g/mol. The predicted molar refractivity (Wildman–Crippen MR) is 57.3 cm³/mol. The van der Waals surface area contributed by atoms with Crippen molar-refractivity contribution in [2.75, 3.05) is 26.7 Å². The molecule has 0 aromatic carbocycles. The summed E-state index contributed by atoms with van der Waals surface area (Å²) in [5.74, 6) is -0.0723. The predicted octanol–water partition coefficient (Wildman–Crippen LogP) is -0.667. The molecule has 0 aromatic rings. The van der Waals surface area contributed by atoms with E-state index in [2.05, 4.69) is 10.6 Å². The third-order valence-electron chi connectivity index (χ3n) is 2.61. The maximum Gasteiger partial charge on any atom is 0.242 e. The highest BCUT2D eigenvalue weighted by atomic mass is 16.2. The van der Waals surface area contributed by atoms with Crippen LogP contribution in [0, 0.1) is 0 Å². The number of carbonyl (C=O) groups is 2. The summed E-state index contributed by atoms with van der Waals surface area (Å²) < 4.78 is 0. The molecule has 5 nitrogen and oxygen atoms in total. The largest absolute Gasteiger partial charge is 0.347 e. The number of nitrogens with zero attached hydrogens (tertiary/aromatic N) is 1. The zero-order valence-electron chi connectivity index (χ0n) is 9.38. The SMILES string of the molecule is CCCC(=O)NCC(=O)N(C)C1CNC1. The second-order valence-electron chi connectivity index (χ2n) is 3.84. The van der Waals surface area contributed by atoms with Crippen molar-refractivity contribution in [2.24, 2.45) is 0 Å². The lowest BCUT2D eigenvalue weighted by molar-refractivity contribution is -0.134. The molecular formula is C10H19N3O2. The molecule has 1 aliphatic rings. The number of rotatable bonds is 5. The van der Waals surface area contributed by atoms with Gasteiger partial charge in [0.25, 0.3) is 0 Å². The fraction of sp³-hybridized carbons (Fsp3) is 0.800. The van der Waals surface area contributed by atoms with E-state index in [1.807, 2.05) is 6.92 Å². The van der Waals surface area contributed by atoms with Crippen LogP contribution in [-0.4, -0.2) is 49.4 Å². The Morgan fingerprint density at radius 2 is 2.13 bits per heavy atom. The molecule has 0 aromatic heterocycles. The molecule has 5 heteroatoms. The topological polar surface area (TPSA) is 61.4 Å². The third kappa shape index (κ3) is 3.51. The molecule has 1 rings (SSSR count). The minimum atomic E-state index is -0.0500. The minimum absolute atomic E-state index is 0.0223. The van der Waals surface area contributed by atoms with Crippen LogP contribution in [0.3, 0.4) is 0 Å². The molecule has 86 valence electrons. The van der Waals surface area contributed by atoms with Crippen molar-refractivity contribution in [1.29, 1.82) is 0 Å². The molecule has 1 heterocycles. The van der Waals surface area contributed by atoms with Crippen LogP contribution in [0.1, 0.15) is 19.8 Å². The molecule has 1 fully saturated rings. The summed E-state index contributed by atoms with van der Waals surface area (Å²) in [4.78, 5) is 24.4. The lowest BCUT2D eigenvalue weighted by Gasteiger charge is -2.35. The number of nitrogens with one attached hydrogen (secondary N) is 2. The second kappa shape index (κ2) is 5.70. The first-order valence-electron chi connectivity index (χ1n) is 5.38. The van der Waals surface area contributed by atoms with Crippen LogP contribution in [0.2, 0.25) is 0 Å². The van der Waals surface area contributed by atoms with E-state index in [1.165, 1.54) is 0 Å². The zero-order chi connectivity index (χ0) is 11.3. The standard InChI is InChI=1S/C10H19N3O2/c1-3-4-9(14)12-7-10(15)13(2)8-5-11-6-8/h8,11H,3-7H2,1-2H3,(H,12,14). The Morgan fingerprint density at radius 3 is 2.60 bits per heavy atom. The van der Waals surface area contributed by atoms with Crippen molar-refractivity contribution in [3.63, 3.8) is 0 Å². The lowest BCUT2D eigenvalue weighted by atomic mass is 10.1. The zero-order valence-corrected chi connectivity index (χ0v) is 9.38. The molecule has 0 spiro atoms. The number of hydrogen-bond acceptors (Lipinski definition) is 3. The van der Waals surface area contributed by atoms with E-state index >= 15 is 0 Å². The smallest absolute Gasteiger partial charge is 0.242 e. The Labute approximate surface area is 90.2 Å². The summed E-state index contributed by atoms with van der Waals surface area (Å²) in [5, 5.41) is 5.72. The normalized spacial score (nSPS) is 15.6. The van der Waals surface area contributed by atoms with Crippen LogP contribution in [0.25, 0.3) is 0 Å². The highest BCUT2D eigenvalue weighted by Crippen LogP contribution is 2.01. The molecule has 15 heavy (non-hydrogen) atoms. The van der Waals surface area contributed by atoms with Crippen molar-refractivity contribution < 1.29 is 9.59 Å².